The van der Waals surface area contributed by atoms with Gasteiger partial charge in [0.1, 0.15) is 12.4 Å². The van der Waals surface area contributed by atoms with Crippen LogP contribution in [0.2, 0.25) is 0 Å². The normalized spacial score (nSPS) is 20.8. The fourth-order valence-corrected chi connectivity index (χ4v) is 4.84. The molecule has 0 bridgehead atoms. The van der Waals surface area contributed by atoms with Crippen LogP contribution in [0.25, 0.3) is 0 Å². The number of ether oxygens (including phenoxy) is 1. The molecule has 0 spiro atoms. The van der Waals surface area contributed by atoms with Gasteiger partial charge < -0.3 is 14.5 Å². The maximum absolute atomic E-state index is 13.0. The summed E-state index contributed by atoms with van der Waals surface area (Å²) in [6.07, 6.45) is 6.81. The third kappa shape index (κ3) is 4.71. The predicted octanol–water partition coefficient (Wildman–Crippen LogP) is 4.00. The minimum Gasteiger partial charge on any atom is -0.492 e. The number of fused-ring (bicyclic) bond motifs is 1. The van der Waals surface area contributed by atoms with Gasteiger partial charge in [-0.2, -0.15) is 0 Å². The van der Waals surface area contributed by atoms with Crippen molar-refractivity contribution in [2.75, 3.05) is 40.3 Å². The van der Waals surface area contributed by atoms with Gasteiger partial charge in [0.15, 0.2) is 0 Å². The summed E-state index contributed by atoms with van der Waals surface area (Å²) in [6, 6.07) is 2.21. The number of likely N-dealkylation sites (N-methyl/N-ethyl adjacent to an activating group) is 1. The Balaban J connectivity index is 1.73. The van der Waals surface area contributed by atoms with Crippen molar-refractivity contribution in [2.45, 2.75) is 59.3 Å². The van der Waals surface area contributed by atoms with Crippen LogP contribution in [0.5, 0.6) is 5.75 Å². The SMILES string of the molecule is Cc1cc(OCCN(C)C)c(C)c2c1CC[C@@H]([C@H](C)C(=O)N1CCCCC1)C2. The van der Waals surface area contributed by atoms with E-state index < -0.39 is 0 Å². The molecule has 1 fully saturated rings. The van der Waals surface area contributed by atoms with Gasteiger partial charge in [0.05, 0.1) is 0 Å². The van der Waals surface area contributed by atoms with Crippen LogP contribution in [0.4, 0.5) is 0 Å². The molecule has 4 nitrogen and oxygen atoms in total. The summed E-state index contributed by atoms with van der Waals surface area (Å²) in [5.41, 5.74) is 5.55. The standard InChI is InChI=1S/C24H38N2O2/c1-17-15-23(28-14-13-25(4)5)19(3)22-16-20(9-10-21(17)22)18(2)24(27)26-11-7-6-8-12-26/h15,18,20H,6-14,16H2,1-5H3/t18-,20+/m0/s1. The lowest BCUT2D eigenvalue weighted by Crippen LogP contribution is -2.42. The highest BCUT2D eigenvalue weighted by atomic mass is 16.5. The van der Waals surface area contributed by atoms with Gasteiger partial charge in [-0.25, -0.2) is 0 Å². The van der Waals surface area contributed by atoms with E-state index in [9.17, 15) is 4.79 Å². The molecular weight excluding hydrogens is 348 g/mol. The van der Waals surface area contributed by atoms with Gasteiger partial charge in [-0.1, -0.05) is 6.92 Å². The Morgan fingerprint density at radius 2 is 1.93 bits per heavy atom. The molecule has 1 aliphatic heterocycles. The minimum absolute atomic E-state index is 0.115. The molecule has 3 rings (SSSR count). The third-order valence-electron chi connectivity index (χ3n) is 6.80. The third-order valence-corrected chi connectivity index (χ3v) is 6.80. The van der Waals surface area contributed by atoms with E-state index in [4.69, 9.17) is 4.74 Å². The van der Waals surface area contributed by atoms with Crippen LogP contribution in [-0.4, -0.2) is 56.0 Å². The summed E-state index contributed by atoms with van der Waals surface area (Å²) in [6.45, 7) is 10.1. The second-order valence-electron chi connectivity index (χ2n) is 9.10. The topological polar surface area (TPSA) is 32.8 Å². The summed E-state index contributed by atoms with van der Waals surface area (Å²) in [5, 5.41) is 0. The highest BCUT2D eigenvalue weighted by Crippen LogP contribution is 2.38. The summed E-state index contributed by atoms with van der Waals surface area (Å²) < 4.78 is 6.12. The first-order valence-corrected chi connectivity index (χ1v) is 11.1. The molecule has 1 heterocycles. The average molecular weight is 387 g/mol. The quantitative estimate of drug-likeness (QED) is 0.741. The lowest BCUT2D eigenvalue weighted by Gasteiger charge is -2.35. The van der Waals surface area contributed by atoms with Gasteiger partial charge in [0.2, 0.25) is 5.91 Å². The van der Waals surface area contributed by atoms with Crippen LogP contribution < -0.4 is 4.74 Å². The summed E-state index contributed by atoms with van der Waals surface area (Å²) >= 11 is 0. The van der Waals surface area contributed by atoms with Crippen LogP contribution in [0, 0.1) is 25.7 Å². The van der Waals surface area contributed by atoms with Crippen molar-refractivity contribution in [1.82, 2.24) is 9.80 Å². The molecule has 156 valence electrons. The highest BCUT2D eigenvalue weighted by Gasteiger charge is 2.32. The lowest BCUT2D eigenvalue weighted by molar-refractivity contribution is -0.137. The van der Waals surface area contributed by atoms with E-state index >= 15 is 0 Å². The van der Waals surface area contributed by atoms with Gasteiger partial charge in [-0.15, -0.1) is 0 Å². The number of nitrogens with zero attached hydrogens (tertiary/aromatic N) is 2. The number of aryl methyl sites for hydroxylation is 1. The maximum Gasteiger partial charge on any atom is 0.225 e. The van der Waals surface area contributed by atoms with Crippen LogP contribution in [-0.2, 0) is 17.6 Å². The molecular formula is C24H38N2O2. The first-order valence-electron chi connectivity index (χ1n) is 11.1. The van der Waals surface area contributed by atoms with Gasteiger partial charge in [0.25, 0.3) is 0 Å². The van der Waals surface area contributed by atoms with Gasteiger partial charge in [0, 0.05) is 25.6 Å². The number of hydrogen-bond donors (Lipinski definition) is 0. The molecule has 1 saturated heterocycles. The molecule has 28 heavy (non-hydrogen) atoms. The number of piperidine rings is 1. The van der Waals surface area contributed by atoms with Crippen molar-refractivity contribution >= 4 is 5.91 Å². The Hall–Kier alpha value is -1.55. The molecule has 0 N–H and O–H groups in total. The Labute approximate surface area is 171 Å². The van der Waals surface area contributed by atoms with Crippen LogP contribution in [0.3, 0.4) is 0 Å². The Bertz CT molecular complexity index is 692. The Kier molecular flexibility index (Phi) is 7.03. The fraction of sp³-hybridized carbons (Fsp3) is 0.708. The summed E-state index contributed by atoms with van der Waals surface area (Å²) in [4.78, 5) is 17.3. The number of likely N-dealkylation sites (tertiary alicyclic amines) is 1. The van der Waals surface area contributed by atoms with E-state index in [0.717, 1.165) is 57.5 Å². The average Bonchev–Trinajstić information content (AvgIpc) is 2.70. The van der Waals surface area contributed by atoms with Crippen molar-refractivity contribution in [2.24, 2.45) is 11.8 Å². The maximum atomic E-state index is 13.0. The van der Waals surface area contributed by atoms with Gasteiger partial charge in [-0.05, 0) is 101 Å². The van der Waals surface area contributed by atoms with E-state index in [2.05, 4.69) is 50.7 Å². The number of benzene rings is 1. The van der Waals surface area contributed by atoms with Crippen LogP contribution >= 0.6 is 0 Å². The summed E-state index contributed by atoms with van der Waals surface area (Å²) in [5.74, 6) is 1.95. The molecule has 1 aromatic carbocycles. The smallest absolute Gasteiger partial charge is 0.225 e. The molecule has 1 amide bonds. The van der Waals surface area contributed by atoms with Crippen molar-refractivity contribution in [3.8, 4) is 5.75 Å². The van der Waals surface area contributed by atoms with Crippen molar-refractivity contribution in [1.29, 1.82) is 0 Å². The number of hydrogen-bond acceptors (Lipinski definition) is 3. The zero-order valence-electron chi connectivity index (χ0n) is 18.5. The second-order valence-corrected chi connectivity index (χ2v) is 9.10. The van der Waals surface area contributed by atoms with Crippen molar-refractivity contribution in [3.05, 3.63) is 28.3 Å². The van der Waals surface area contributed by atoms with E-state index in [1.807, 2.05) is 0 Å². The first kappa shape index (κ1) is 21.2. The number of carbonyl (C=O) groups excluding carboxylic acids is 1. The fourth-order valence-electron chi connectivity index (χ4n) is 4.84. The monoisotopic (exact) mass is 386 g/mol. The molecule has 0 aromatic heterocycles. The molecule has 1 aromatic rings. The van der Waals surface area contributed by atoms with Gasteiger partial charge in [-0.3, -0.25) is 4.79 Å². The highest BCUT2D eigenvalue weighted by molar-refractivity contribution is 5.79. The Morgan fingerprint density at radius 3 is 2.61 bits per heavy atom. The minimum atomic E-state index is 0.115. The van der Waals surface area contributed by atoms with Crippen LogP contribution in [0.15, 0.2) is 6.07 Å². The first-order chi connectivity index (χ1) is 13.4. The molecule has 1 aliphatic carbocycles. The van der Waals surface area contributed by atoms with Crippen LogP contribution in [0.1, 0.15) is 54.9 Å². The molecule has 4 heteroatoms. The molecule has 2 atom stereocenters. The summed E-state index contributed by atoms with van der Waals surface area (Å²) in [7, 11) is 4.14. The lowest BCUT2D eigenvalue weighted by atomic mass is 9.74. The number of amides is 1. The van der Waals surface area contributed by atoms with Gasteiger partial charge >= 0.3 is 0 Å². The second kappa shape index (κ2) is 9.30. The molecule has 0 saturated carbocycles. The largest absolute Gasteiger partial charge is 0.492 e. The van der Waals surface area contributed by atoms with Crippen molar-refractivity contribution in [3.63, 3.8) is 0 Å². The van der Waals surface area contributed by atoms with E-state index in [1.165, 1.54) is 28.7 Å². The molecule has 2 aliphatic rings. The number of rotatable bonds is 6. The zero-order chi connectivity index (χ0) is 20.3. The van der Waals surface area contributed by atoms with E-state index in [-0.39, 0.29) is 5.92 Å². The van der Waals surface area contributed by atoms with Crippen molar-refractivity contribution < 1.29 is 9.53 Å². The van der Waals surface area contributed by atoms with E-state index in [1.54, 1.807) is 0 Å². The predicted molar refractivity (Wildman–Crippen MR) is 115 cm³/mol. The molecule has 0 radical (unpaired) electrons. The zero-order valence-corrected chi connectivity index (χ0v) is 18.5. The number of carbonyl (C=O) groups is 1. The Morgan fingerprint density at radius 1 is 1.21 bits per heavy atom. The van der Waals surface area contributed by atoms with E-state index in [0.29, 0.717) is 18.4 Å². The molecule has 0 unspecified atom stereocenters.